The minimum absolute atomic E-state index is 0.0879. The van der Waals surface area contributed by atoms with Crippen LogP contribution in [0.2, 0.25) is 5.02 Å². The van der Waals surface area contributed by atoms with E-state index in [0.717, 1.165) is 10.8 Å². The Kier molecular flexibility index (Phi) is 6.16. The maximum absolute atomic E-state index is 12.4. The second-order valence-electron chi connectivity index (χ2n) is 6.34. The van der Waals surface area contributed by atoms with Gasteiger partial charge in [-0.15, -0.1) is 0 Å². The van der Waals surface area contributed by atoms with Crippen LogP contribution in [0.15, 0.2) is 72.2 Å². The molecular weight excluding hydrogens is 378 g/mol. The van der Waals surface area contributed by atoms with Gasteiger partial charge in [0.05, 0.1) is 12.8 Å². The van der Waals surface area contributed by atoms with Gasteiger partial charge >= 0.3 is 5.97 Å². The third kappa shape index (κ3) is 4.81. The van der Waals surface area contributed by atoms with Crippen molar-refractivity contribution < 1.29 is 19.1 Å². The number of carbonyl (C=O) groups is 2. The van der Waals surface area contributed by atoms with Crippen molar-refractivity contribution in [2.24, 2.45) is 5.92 Å². The standard InChI is InChI=1S/C22H20ClNO4/c1-14(25)28-21-11-15(7-9-20(21)27-2)8-10-22(26)24-19-13-17(23)12-16-5-3-4-6-18(16)19/h3-10,12-13,15H,11H2,1-2H3,(H,24,26). The van der Waals surface area contributed by atoms with Crippen LogP contribution in [0.5, 0.6) is 0 Å². The van der Waals surface area contributed by atoms with Gasteiger partial charge in [-0.2, -0.15) is 0 Å². The molecule has 2 aromatic carbocycles. The van der Waals surface area contributed by atoms with Crippen molar-refractivity contribution in [3.05, 3.63) is 77.2 Å². The van der Waals surface area contributed by atoms with Crippen molar-refractivity contribution in [2.75, 3.05) is 12.4 Å². The monoisotopic (exact) mass is 397 g/mol. The summed E-state index contributed by atoms with van der Waals surface area (Å²) in [5, 5.41) is 5.29. The maximum Gasteiger partial charge on any atom is 0.307 e. The summed E-state index contributed by atoms with van der Waals surface area (Å²) in [5.41, 5.74) is 0.652. The lowest BCUT2D eigenvalue weighted by molar-refractivity contribution is -0.137. The van der Waals surface area contributed by atoms with E-state index in [1.807, 2.05) is 36.4 Å². The zero-order valence-electron chi connectivity index (χ0n) is 15.6. The molecule has 0 bridgehead atoms. The summed E-state index contributed by atoms with van der Waals surface area (Å²) >= 11 is 6.15. The van der Waals surface area contributed by atoms with Gasteiger partial charge in [0, 0.05) is 29.7 Å². The molecule has 1 aliphatic rings. The van der Waals surface area contributed by atoms with Crippen LogP contribution >= 0.6 is 11.6 Å². The van der Waals surface area contributed by atoms with Crippen LogP contribution in [-0.2, 0) is 19.1 Å². The molecule has 0 fully saturated rings. The number of hydrogen-bond donors (Lipinski definition) is 1. The van der Waals surface area contributed by atoms with Crippen molar-refractivity contribution >= 4 is 39.9 Å². The number of methoxy groups -OCH3 is 1. The summed E-state index contributed by atoms with van der Waals surface area (Å²) in [5.74, 6) is 0.197. The summed E-state index contributed by atoms with van der Waals surface area (Å²) in [6.07, 6.45) is 7.29. The molecule has 0 radical (unpaired) electrons. The van der Waals surface area contributed by atoms with E-state index in [9.17, 15) is 9.59 Å². The topological polar surface area (TPSA) is 64.6 Å². The molecule has 144 valence electrons. The minimum atomic E-state index is -0.409. The lowest BCUT2D eigenvalue weighted by Gasteiger charge is -2.18. The van der Waals surface area contributed by atoms with Gasteiger partial charge in [-0.25, -0.2) is 0 Å². The summed E-state index contributed by atoms with van der Waals surface area (Å²) in [7, 11) is 1.52. The highest BCUT2D eigenvalue weighted by Crippen LogP contribution is 2.29. The van der Waals surface area contributed by atoms with Gasteiger partial charge in [-0.05, 0) is 29.7 Å². The molecule has 1 atom stereocenters. The molecule has 3 rings (SSSR count). The molecule has 1 N–H and O–H groups in total. The van der Waals surface area contributed by atoms with Gasteiger partial charge in [-0.3, -0.25) is 9.59 Å². The zero-order chi connectivity index (χ0) is 20.1. The lowest BCUT2D eigenvalue weighted by Crippen LogP contribution is -2.12. The maximum atomic E-state index is 12.4. The first-order valence-corrected chi connectivity index (χ1v) is 9.15. The number of allylic oxidation sites excluding steroid dienone is 4. The Labute approximate surface area is 168 Å². The highest BCUT2D eigenvalue weighted by molar-refractivity contribution is 6.32. The number of amides is 1. The number of rotatable bonds is 5. The summed E-state index contributed by atoms with van der Waals surface area (Å²) in [4.78, 5) is 23.7. The van der Waals surface area contributed by atoms with Crippen LogP contribution in [0.4, 0.5) is 5.69 Å². The predicted molar refractivity (Wildman–Crippen MR) is 110 cm³/mol. The predicted octanol–water partition coefficient (Wildman–Crippen LogP) is 4.99. The number of benzene rings is 2. The van der Waals surface area contributed by atoms with Crippen LogP contribution in [0, 0.1) is 5.92 Å². The second kappa shape index (κ2) is 8.76. The van der Waals surface area contributed by atoms with Gasteiger partial charge in [0.2, 0.25) is 5.91 Å². The number of ether oxygens (including phenoxy) is 2. The Hall–Kier alpha value is -3.05. The van der Waals surface area contributed by atoms with Crippen LogP contribution in [-0.4, -0.2) is 19.0 Å². The molecule has 0 heterocycles. The number of carbonyl (C=O) groups excluding carboxylic acids is 2. The molecule has 1 amide bonds. The normalized spacial score (nSPS) is 16.5. The van der Waals surface area contributed by atoms with E-state index in [1.165, 1.54) is 20.1 Å². The number of esters is 1. The highest BCUT2D eigenvalue weighted by Gasteiger charge is 2.18. The number of hydrogen-bond acceptors (Lipinski definition) is 4. The van der Waals surface area contributed by atoms with E-state index in [-0.39, 0.29) is 11.8 Å². The molecule has 0 aliphatic heterocycles. The zero-order valence-corrected chi connectivity index (χ0v) is 16.3. The Morgan fingerprint density at radius 3 is 2.79 bits per heavy atom. The van der Waals surface area contributed by atoms with Crippen molar-refractivity contribution in [2.45, 2.75) is 13.3 Å². The Morgan fingerprint density at radius 1 is 1.25 bits per heavy atom. The third-order valence-corrected chi connectivity index (χ3v) is 4.48. The summed E-state index contributed by atoms with van der Waals surface area (Å²) in [6, 6.07) is 11.3. The first-order chi connectivity index (χ1) is 13.5. The first-order valence-electron chi connectivity index (χ1n) is 8.77. The fourth-order valence-corrected chi connectivity index (χ4v) is 3.26. The SMILES string of the molecule is COC1=C(OC(C)=O)CC(C=CC(=O)Nc2cc(Cl)cc3ccccc23)C=C1. The van der Waals surface area contributed by atoms with E-state index in [1.54, 1.807) is 18.2 Å². The van der Waals surface area contributed by atoms with E-state index >= 15 is 0 Å². The van der Waals surface area contributed by atoms with Crippen molar-refractivity contribution in [1.29, 1.82) is 0 Å². The quantitative estimate of drug-likeness (QED) is 0.570. The van der Waals surface area contributed by atoms with Crippen LogP contribution in [0.25, 0.3) is 10.8 Å². The summed E-state index contributed by atoms with van der Waals surface area (Å²) in [6.45, 7) is 1.34. The molecule has 0 saturated carbocycles. The Morgan fingerprint density at radius 2 is 2.04 bits per heavy atom. The fourth-order valence-electron chi connectivity index (χ4n) is 3.03. The molecule has 28 heavy (non-hydrogen) atoms. The van der Waals surface area contributed by atoms with Crippen LogP contribution in [0.1, 0.15) is 13.3 Å². The number of halogens is 1. The number of fused-ring (bicyclic) bond motifs is 1. The largest absolute Gasteiger partial charge is 0.493 e. The fraction of sp³-hybridized carbons (Fsp3) is 0.182. The lowest BCUT2D eigenvalue weighted by atomic mass is 9.98. The average Bonchev–Trinajstić information content (AvgIpc) is 2.66. The summed E-state index contributed by atoms with van der Waals surface area (Å²) < 4.78 is 10.4. The highest BCUT2D eigenvalue weighted by atomic mass is 35.5. The van der Waals surface area contributed by atoms with Crippen LogP contribution in [0.3, 0.4) is 0 Å². The van der Waals surface area contributed by atoms with Crippen LogP contribution < -0.4 is 5.32 Å². The molecule has 1 unspecified atom stereocenters. The molecule has 6 heteroatoms. The Balaban J connectivity index is 1.71. The smallest absolute Gasteiger partial charge is 0.307 e. The minimum Gasteiger partial charge on any atom is -0.493 e. The van der Waals surface area contributed by atoms with Gasteiger partial charge in [0.1, 0.15) is 0 Å². The third-order valence-electron chi connectivity index (χ3n) is 4.26. The number of anilines is 1. The molecule has 1 aliphatic carbocycles. The van der Waals surface area contributed by atoms with Gasteiger partial charge < -0.3 is 14.8 Å². The van der Waals surface area contributed by atoms with Gasteiger partial charge in [-0.1, -0.05) is 48.0 Å². The van der Waals surface area contributed by atoms with Crippen molar-refractivity contribution in [3.63, 3.8) is 0 Å². The van der Waals surface area contributed by atoms with E-state index < -0.39 is 5.97 Å². The molecule has 0 saturated heterocycles. The molecular formula is C22H20ClNO4. The number of nitrogens with one attached hydrogen (secondary N) is 1. The van der Waals surface area contributed by atoms with Gasteiger partial charge in [0.15, 0.2) is 11.5 Å². The van der Waals surface area contributed by atoms with Crippen molar-refractivity contribution in [1.82, 2.24) is 0 Å². The molecule has 5 nitrogen and oxygen atoms in total. The molecule has 2 aromatic rings. The molecule has 0 spiro atoms. The van der Waals surface area contributed by atoms with E-state index in [0.29, 0.717) is 28.6 Å². The van der Waals surface area contributed by atoms with E-state index in [2.05, 4.69) is 5.32 Å². The molecule has 0 aromatic heterocycles. The Bertz CT molecular complexity index is 1010. The van der Waals surface area contributed by atoms with Gasteiger partial charge in [0.25, 0.3) is 0 Å². The first kappa shape index (κ1) is 19.7. The second-order valence-corrected chi connectivity index (χ2v) is 6.77. The van der Waals surface area contributed by atoms with Crippen molar-refractivity contribution in [3.8, 4) is 0 Å². The average molecular weight is 398 g/mol. The van der Waals surface area contributed by atoms with E-state index in [4.69, 9.17) is 21.1 Å².